The van der Waals surface area contributed by atoms with E-state index in [2.05, 4.69) is 5.43 Å². The van der Waals surface area contributed by atoms with Crippen molar-refractivity contribution in [2.24, 2.45) is 0 Å². The Morgan fingerprint density at radius 1 is 1.06 bits per heavy atom. The summed E-state index contributed by atoms with van der Waals surface area (Å²) in [5.41, 5.74) is 5.69. The van der Waals surface area contributed by atoms with Gasteiger partial charge in [0.1, 0.15) is 6.61 Å². The fraction of sp³-hybridized carbons (Fsp3) is 0.115. The molecule has 0 radical (unpaired) electrons. The molecule has 1 saturated heterocycles. The minimum Gasteiger partial charge on any atom is -0.493 e. The molecule has 1 heterocycles. The molecule has 0 unspecified atom stereocenters. The molecular formula is C26H22N2O4S2. The van der Waals surface area contributed by atoms with Crippen LogP contribution in [0.2, 0.25) is 0 Å². The first-order chi connectivity index (χ1) is 16.5. The first kappa shape index (κ1) is 23.5. The zero-order valence-corrected chi connectivity index (χ0v) is 20.2. The average molecular weight is 491 g/mol. The number of nitrogens with one attached hydrogen (secondary N) is 1. The van der Waals surface area contributed by atoms with Crippen LogP contribution in [0.25, 0.3) is 6.08 Å². The van der Waals surface area contributed by atoms with Crippen LogP contribution in [-0.4, -0.2) is 28.3 Å². The Kier molecular flexibility index (Phi) is 7.30. The number of thiocarbonyl (C=S) groups is 1. The first-order valence-electron chi connectivity index (χ1n) is 10.5. The van der Waals surface area contributed by atoms with Gasteiger partial charge >= 0.3 is 0 Å². The predicted octanol–water partition coefficient (Wildman–Crippen LogP) is 5.13. The van der Waals surface area contributed by atoms with Crippen molar-refractivity contribution < 1.29 is 19.1 Å². The Bertz CT molecular complexity index is 1270. The minimum atomic E-state index is -0.391. The standard InChI is InChI=1S/C26H22N2O4S2/c1-17-8-6-7-11-20(17)24(29)27-28-25(30)23(34-26(28)33)15-19-12-13-21(22(14-19)31-2)32-16-18-9-4-3-5-10-18/h3-15H,16H2,1-2H3,(H,27,29)/b23-15-. The molecule has 3 aromatic carbocycles. The number of benzene rings is 3. The number of hydrogen-bond acceptors (Lipinski definition) is 6. The van der Waals surface area contributed by atoms with Crippen LogP contribution in [0.3, 0.4) is 0 Å². The van der Waals surface area contributed by atoms with Crippen LogP contribution < -0.4 is 14.9 Å². The Morgan fingerprint density at radius 2 is 1.79 bits per heavy atom. The van der Waals surface area contributed by atoms with Crippen LogP contribution in [0.4, 0.5) is 0 Å². The SMILES string of the molecule is COc1cc(/C=C2\SC(=S)N(NC(=O)c3ccccc3C)C2=O)ccc1OCc1ccccc1. The van der Waals surface area contributed by atoms with Gasteiger partial charge in [-0.1, -0.05) is 66.4 Å². The molecule has 0 saturated carbocycles. The van der Waals surface area contributed by atoms with Gasteiger partial charge < -0.3 is 9.47 Å². The van der Waals surface area contributed by atoms with E-state index in [-0.39, 0.29) is 10.2 Å². The highest BCUT2D eigenvalue weighted by atomic mass is 32.2. The molecule has 0 atom stereocenters. The van der Waals surface area contributed by atoms with Crippen molar-refractivity contribution in [3.05, 3.63) is 100.0 Å². The Balaban J connectivity index is 1.48. The lowest BCUT2D eigenvalue weighted by atomic mass is 10.1. The van der Waals surface area contributed by atoms with E-state index in [9.17, 15) is 9.59 Å². The summed E-state index contributed by atoms with van der Waals surface area (Å²) in [6.45, 7) is 2.25. The minimum absolute atomic E-state index is 0.257. The Morgan fingerprint density at radius 3 is 2.53 bits per heavy atom. The van der Waals surface area contributed by atoms with Gasteiger partial charge in [-0.3, -0.25) is 15.0 Å². The second-order valence-electron chi connectivity index (χ2n) is 7.46. The molecule has 0 bridgehead atoms. The van der Waals surface area contributed by atoms with E-state index in [0.29, 0.717) is 28.6 Å². The smallest absolute Gasteiger partial charge is 0.285 e. The van der Waals surface area contributed by atoms with Crippen LogP contribution >= 0.6 is 24.0 Å². The number of nitrogens with zero attached hydrogens (tertiary/aromatic N) is 1. The van der Waals surface area contributed by atoms with Gasteiger partial charge in [-0.15, -0.1) is 0 Å². The number of carbonyl (C=O) groups is 2. The van der Waals surface area contributed by atoms with E-state index in [4.69, 9.17) is 21.7 Å². The second kappa shape index (κ2) is 10.5. The van der Waals surface area contributed by atoms with Gasteiger partial charge in [-0.25, -0.2) is 0 Å². The molecule has 1 N–H and O–H groups in total. The van der Waals surface area contributed by atoms with E-state index in [1.54, 1.807) is 37.5 Å². The molecule has 0 aliphatic carbocycles. The van der Waals surface area contributed by atoms with Crippen LogP contribution in [0.5, 0.6) is 11.5 Å². The van der Waals surface area contributed by atoms with Gasteiger partial charge in [-0.05, 0) is 60.1 Å². The van der Waals surface area contributed by atoms with Crippen molar-refractivity contribution in [1.82, 2.24) is 10.4 Å². The molecule has 6 nitrogen and oxygen atoms in total. The summed E-state index contributed by atoms with van der Waals surface area (Å²) in [6.07, 6.45) is 1.71. The maximum atomic E-state index is 12.9. The van der Waals surface area contributed by atoms with Crippen molar-refractivity contribution in [3.63, 3.8) is 0 Å². The fourth-order valence-electron chi connectivity index (χ4n) is 3.33. The maximum absolute atomic E-state index is 12.9. The first-order valence-corrected chi connectivity index (χ1v) is 11.7. The molecule has 4 rings (SSSR count). The number of rotatable bonds is 7. The highest BCUT2D eigenvalue weighted by Crippen LogP contribution is 2.34. The molecule has 34 heavy (non-hydrogen) atoms. The van der Waals surface area contributed by atoms with Crippen LogP contribution in [0.15, 0.2) is 77.7 Å². The summed E-state index contributed by atoms with van der Waals surface area (Å²) in [5, 5.41) is 1.11. The highest BCUT2D eigenvalue weighted by Gasteiger charge is 2.34. The molecule has 1 fully saturated rings. The summed E-state index contributed by atoms with van der Waals surface area (Å²) in [6, 6.07) is 22.4. The van der Waals surface area contributed by atoms with Gasteiger partial charge in [0, 0.05) is 5.56 Å². The quantitative estimate of drug-likeness (QED) is 0.366. The van der Waals surface area contributed by atoms with Crippen LogP contribution in [0.1, 0.15) is 27.0 Å². The number of carbonyl (C=O) groups excluding carboxylic acids is 2. The maximum Gasteiger partial charge on any atom is 0.285 e. The molecule has 0 spiro atoms. The third-order valence-electron chi connectivity index (χ3n) is 5.12. The van der Waals surface area contributed by atoms with Crippen molar-refractivity contribution in [2.45, 2.75) is 13.5 Å². The van der Waals surface area contributed by atoms with Gasteiger partial charge in [0.05, 0.1) is 12.0 Å². The van der Waals surface area contributed by atoms with Crippen LogP contribution in [0, 0.1) is 6.92 Å². The molecular weight excluding hydrogens is 468 g/mol. The molecule has 2 amide bonds. The van der Waals surface area contributed by atoms with Gasteiger partial charge in [0.25, 0.3) is 11.8 Å². The summed E-state index contributed by atoms with van der Waals surface area (Å²) in [5.74, 6) is 0.368. The lowest BCUT2D eigenvalue weighted by Crippen LogP contribution is -2.45. The zero-order chi connectivity index (χ0) is 24.1. The lowest BCUT2D eigenvalue weighted by Gasteiger charge is -2.16. The van der Waals surface area contributed by atoms with E-state index in [1.165, 1.54) is 0 Å². The van der Waals surface area contributed by atoms with Crippen molar-refractivity contribution >= 4 is 46.2 Å². The number of hydrazine groups is 1. The van der Waals surface area contributed by atoms with E-state index < -0.39 is 5.91 Å². The molecule has 8 heteroatoms. The number of thioether (sulfide) groups is 1. The number of hydrogen-bond donors (Lipinski definition) is 1. The van der Waals surface area contributed by atoms with E-state index in [1.807, 2.05) is 55.5 Å². The average Bonchev–Trinajstić information content (AvgIpc) is 3.11. The summed E-state index contributed by atoms with van der Waals surface area (Å²) in [7, 11) is 1.56. The number of methoxy groups -OCH3 is 1. The molecule has 0 aromatic heterocycles. The van der Waals surface area contributed by atoms with Gasteiger partial charge in [0.15, 0.2) is 15.8 Å². The summed E-state index contributed by atoms with van der Waals surface area (Å²) in [4.78, 5) is 26.0. The molecule has 1 aliphatic heterocycles. The van der Waals surface area contributed by atoms with Crippen molar-refractivity contribution in [2.75, 3.05) is 7.11 Å². The zero-order valence-electron chi connectivity index (χ0n) is 18.6. The largest absolute Gasteiger partial charge is 0.493 e. The number of aryl methyl sites for hydroxylation is 1. The topological polar surface area (TPSA) is 67.9 Å². The van der Waals surface area contributed by atoms with Crippen molar-refractivity contribution in [1.29, 1.82) is 0 Å². The molecule has 172 valence electrons. The Hall–Kier alpha value is -3.62. The number of ether oxygens (including phenoxy) is 2. The highest BCUT2D eigenvalue weighted by molar-refractivity contribution is 8.26. The predicted molar refractivity (Wildman–Crippen MR) is 137 cm³/mol. The van der Waals surface area contributed by atoms with Crippen LogP contribution in [-0.2, 0) is 11.4 Å². The third-order valence-corrected chi connectivity index (χ3v) is 6.42. The molecule has 1 aliphatic rings. The fourth-order valence-corrected chi connectivity index (χ4v) is 4.51. The molecule has 3 aromatic rings. The van der Waals surface area contributed by atoms with Gasteiger partial charge in [0.2, 0.25) is 0 Å². The monoisotopic (exact) mass is 490 g/mol. The lowest BCUT2D eigenvalue weighted by molar-refractivity contribution is -0.123. The second-order valence-corrected chi connectivity index (χ2v) is 9.13. The Labute approximate surface area is 207 Å². The summed E-state index contributed by atoms with van der Waals surface area (Å²) < 4.78 is 11.6. The number of amides is 2. The third kappa shape index (κ3) is 5.30. The summed E-state index contributed by atoms with van der Waals surface area (Å²) >= 11 is 6.46. The van der Waals surface area contributed by atoms with E-state index in [0.717, 1.165) is 33.5 Å². The van der Waals surface area contributed by atoms with Crippen molar-refractivity contribution in [3.8, 4) is 11.5 Å². The van der Waals surface area contributed by atoms with Gasteiger partial charge in [-0.2, -0.15) is 5.01 Å². The van der Waals surface area contributed by atoms with E-state index >= 15 is 0 Å². The normalized spacial score (nSPS) is 14.4.